The Balaban J connectivity index is 5.27. The molecular weight excluding hydrogens is 280 g/mol. The fourth-order valence-corrected chi connectivity index (χ4v) is 5.29. The lowest BCUT2D eigenvalue weighted by molar-refractivity contribution is 0.199. The van der Waals surface area contributed by atoms with Crippen molar-refractivity contribution >= 4 is 15.2 Å². The molecule has 0 spiro atoms. The maximum atomic E-state index is 11.6. The molecule has 0 saturated carbocycles. The summed E-state index contributed by atoms with van der Waals surface area (Å²) in [5, 5.41) is -2.41. The van der Waals surface area contributed by atoms with Gasteiger partial charge < -0.3 is 19.6 Å². The van der Waals surface area contributed by atoms with Crippen LogP contribution in [-0.2, 0) is 9.13 Å². The largest absolute Gasteiger partial charge is 0.358 e. The van der Waals surface area contributed by atoms with E-state index in [9.17, 15) is 28.7 Å². The molecule has 0 aromatic rings. The van der Waals surface area contributed by atoms with Crippen molar-refractivity contribution < 1.29 is 28.7 Å². The van der Waals surface area contributed by atoms with Gasteiger partial charge >= 0.3 is 15.2 Å². The summed E-state index contributed by atoms with van der Waals surface area (Å²) in [5.74, 6) is 0. The average Bonchev–Trinajstić information content (AvgIpc) is 2.12. The fraction of sp³-hybridized carbons (Fsp3) is 1.00. The van der Waals surface area contributed by atoms with Crippen molar-refractivity contribution in [3.63, 3.8) is 0 Å². The Labute approximate surface area is 108 Å². The molecule has 0 fully saturated rings. The van der Waals surface area contributed by atoms with Gasteiger partial charge in [-0.1, -0.05) is 32.6 Å². The molecule has 0 rings (SSSR count). The van der Waals surface area contributed by atoms with Crippen LogP contribution in [0.2, 0.25) is 0 Å². The van der Waals surface area contributed by atoms with Crippen molar-refractivity contribution in [3.8, 4) is 0 Å². The summed E-state index contributed by atoms with van der Waals surface area (Å²) < 4.78 is 23.1. The molecule has 0 aliphatic carbocycles. The molecule has 110 valence electrons. The zero-order valence-corrected chi connectivity index (χ0v) is 12.8. The highest BCUT2D eigenvalue weighted by atomic mass is 31.2. The molecule has 0 atom stereocenters. The molecule has 0 saturated heterocycles. The molecule has 4 N–H and O–H groups in total. The van der Waals surface area contributed by atoms with E-state index in [2.05, 4.69) is 0 Å². The van der Waals surface area contributed by atoms with Gasteiger partial charge in [0.1, 0.15) is 0 Å². The molecule has 0 aromatic heterocycles. The van der Waals surface area contributed by atoms with Gasteiger partial charge in [0.05, 0.1) is 0 Å². The Morgan fingerprint density at radius 2 is 1.39 bits per heavy atom. The molecule has 0 aromatic carbocycles. The van der Waals surface area contributed by atoms with Gasteiger partial charge in [0, 0.05) is 0 Å². The first-order valence-electron chi connectivity index (χ1n) is 5.79. The third kappa shape index (κ3) is 3.87. The Morgan fingerprint density at radius 3 is 1.67 bits per heavy atom. The molecule has 18 heavy (non-hydrogen) atoms. The monoisotopic (exact) mass is 303 g/mol. The maximum Gasteiger partial charge on any atom is 0.358 e. The first kappa shape index (κ1) is 18.3. The summed E-state index contributed by atoms with van der Waals surface area (Å²) in [6.07, 6.45) is 2.62. The van der Waals surface area contributed by atoms with Crippen LogP contribution in [-0.4, -0.2) is 43.6 Å². The summed E-state index contributed by atoms with van der Waals surface area (Å²) in [7, 11) is -7.39. The zero-order valence-electron chi connectivity index (χ0n) is 11.0. The molecule has 0 aliphatic rings. The predicted octanol–water partition coefficient (Wildman–Crippen LogP) is 1.53. The highest BCUT2D eigenvalue weighted by Crippen LogP contribution is 2.71. The Hall–Kier alpha value is 0.260. The minimum absolute atomic E-state index is 0.228. The van der Waals surface area contributed by atoms with Gasteiger partial charge in [-0.3, -0.25) is 14.0 Å². The predicted molar refractivity (Wildman–Crippen MR) is 69.3 cm³/mol. The summed E-state index contributed by atoms with van der Waals surface area (Å²) in [6, 6.07) is 0. The smallest absolute Gasteiger partial charge is 0.323 e. The van der Waals surface area contributed by atoms with E-state index in [1.54, 1.807) is 0 Å². The van der Waals surface area contributed by atoms with Gasteiger partial charge in [0.15, 0.2) is 0 Å². The number of nitrogens with zero attached hydrogens (tertiary/aromatic N) is 1. The minimum atomic E-state index is -4.97. The van der Waals surface area contributed by atoms with E-state index in [0.717, 1.165) is 17.7 Å². The quantitative estimate of drug-likeness (QED) is 0.396. The SMILES string of the molecule is CCCCCCC(N(C)C)(P(=O)(O)O)P(=O)(O)O. The van der Waals surface area contributed by atoms with Gasteiger partial charge in [0.25, 0.3) is 0 Å². The lowest BCUT2D eigenvalue weighted by Gasteiger charge is -2.39. The van der Waals surface area contributed by atoms with E-state index in [0.29, 0.717) is 12.8 Å². The van der Waals surface area contributed by atoms with Gasteiger partial charge in [-0.15, -0.1) is 0 Å². The van der Waals surface area contributed by atoms with Crippen LogP contribution in [0.25, 0.3) is 0 Å². The number of hydrogen-bond acceptors (Lipinski definition) is 3. The van der Waals surface area contributed by atoms with Crippen LogP contribution in [0.4, 0.5) is 0 Å². The lowest BCUT2D eigenvalue weighted by Crippen LogP contribution is -2.43. The van der Waals surface area contributed by atoms with Gasteiger partial charge in [-0.25, -0.2) is 0 Å². The summed E-state index contributed by atoms with van der Waals surface area (Å²) in [6.45, 7) is 1.98. The molecule has 0 radical (unpaired) electrons. The third-order valence-corrected chi connectivity index (χ3v) is 7.69. The van der Waals surface area contributed by atoms with E-state index >= 15 is 0 Å². The summed E-state index contributed by atoms with van der Waals surface area (Å²) in [5.41, 5.74) is 0. The van der Waals surface area contributed by atoms with Gasteiger partial charge in [-0.2, -0.15) is 0 Å². The van der Waals surface area contributed by atoms with Crippen molar-refractivity contribution in [3.05, 3.63) is 0 Å². The Kier molecular flexibility index (Phi) is 6.71. The second-order valence-corrected chi connectivity index (χ2v) is 8.58. The molecule has 0 heterocycles. The van der Waals surface area contributed by atoms with E-state index in [1.165, 1.54) is 14.1 Å². The first-order valence-corrected chi connectivity index (χ1v) is 9.02. The van der Waals surface area contributed by atoms with E-state index < -0.39 is 20.2 Å². The van der Waals surface area contributed by atoms with Crippen molar-refractivity contribution in [1.82, 2.24) is 4.90 Å². The van der Waals surface area contributed by atoms with Gasteiger partial charge in [0.2, 0.25) is 5.02 Å². The van der Waals surface area contributed by atoms with Crippen LogP contribution in [0.15, 0.2) is 0 Å². The van der Waals surface area contributed by atoms with Crippen LogP contribution >= 0.6 is 15.2 Å². The highest BCUT2D eigenvalue weighted by molar-refractivity contribution is 7.72. The lowest BCUT2D eigenvalue weighted by atomic mass is 10.1. The van der Waals surface area contributed by atoms with E-state index in [4.69, 9.17) is 0 Å². The normalized spacial score (nSPS) is 14.2. The Bertz CT molecular complexity index is 325. The maximum absolute atomic E-state index is 11.6. The molecule has 0 bridgehead atoms. The summed E-state index contributed by atoms with van der Waals surface area (Å²) >= 11 is 0. The number of unbranched alkanes of at least 4 members (excludes halogenated alkanes) is 3. The number of hydrogen-bond donors (Lipinski definition) is 4. The molecule has 0 amide bonds. The van der Waals surface area contributed by atoms with Crippen LogP contribution in [0.3, 0.4) is 0 Å². The molecular formula is C9H23NO6P2. The molecule has 0 unspecified atom stereocenters. The standard InChI is InChI=1S/C9H23NO6P2/c1-4-5-6-7-8-9(10(2)3,17(11,12)13)18(14,15)16/h4-8H2,1-3H3,(H2,11,12,13)(H2,14,15,16). The van der Waals surface area contributed by atoms with E-state index in [-0.39, 0.29) is 6.42 Å². The molecule has 0 aliphatic heterocycles. The first-order chi connectivity index (χ1) is 8.00. The third-order valence-electron chi connectivity index (χ3n) is 3.01. The van der Waals surface area contributed by atoms with Crippen LogP contribution in [0, 0.1) is 0 Å². The van der Waals surface area contributed by atoms with Gasteiger partial charge in [-0.05, 0) is 20.5 Å². The fourth-order valence-electron chi connectivity index (χ4n) is 1.99. The van der Waals surface area contributed by atoms with Crippen LogP contribution in [0.1, 0.15) is 39.0 Å². The van der Waals surface area contributed by atoms with Crippen molar-refractivity contribution in [2.45, 2.75) is 44.0 Å². The zero-order chi connectivity index (χ0) is 14.6. The van der Waals surface area contributed by atoms with Crippen molar-refractivity contribution in [2.75, 3.05) is 14.1 Å². The second kappa shape index (κ2) is 6.62. The van der Waals surface area contributed by atoms with Crippen molar-refractivity contribution in [2.24, 2.45) is 0 Å². The number of rotatable bonds is 8. The molecule has 9 heteroatoms. The average molecular weight is 303 g/mol. The Morgan fingerprint density at radius 1 is 0.944 bits per heavy atom. The van der Waals surface area contributed by atoms with Crippen LogP contribution < -0.4 is 0 Å². The molecule has 7 nitrogen and oxygen atoms in total. The minimum Gasteiger partial charge on any atom is -0.323 e. The van der Waals surface area contributed by atoms with Crippen molar-refractivity contribution in [1.29, 1.82) is 0 Å². The topological polar surface area (TPSA) is 118 Å². The second-order valence-electron chi connectivity index (χ2n) is 4.57. The summed E-state index contributed by atoms with van der Waals surface area (Å²) in [4.78, 5) is 38.4. The highest BCUT2D eigenvalue weighted by Gasteiger charge is 2.61. The van der Waals surface area contributed by atoms with E-state index in [1.807, 2.05) is 6.92 Å². The van der Waals surface area contributed by atoms with Crippen LogP contribution in [0.5, 0.6) is 0 Å².